The zero-order valence-corrected chi connectivity index (χ0v) is 7.38. The number of carbonyl (C=O) groups is 1. The number of rotatable bonds is 1. The third-order valence-electron chi connectivity index (χ3n) is 0.815. The van der Waals surface area contributed by atoms with Crippen molar-refractivity contribution in [3.63, 3.8) is 0 Å². The predicted octanol–water partition coefficient (Wildman–Crippen LogP) is 0.940. The van der Waals surface area contributed by atoms with Crippen molar-refractivity contribution in [2.24, 2.45) is 0 Å². The first-order chi connectivity index (χ1) is 4.70. The van der Waals surface area contributed by atoms with Crippen LogP contribution < -0.4 is 4.74 Å². The van der Waals surface area contributed by atoms with Gasteiger partial charge >= 0.3 is 5.97 Å². The summed E-state index contributed by atoms with van der Waals surface area (Å²) in [6.07, 6.45) is 1.53. The lowest BCUT2D eigenvalue weighted by Crippen LogP contribution is -2.01. The molecule has 1 aromatic heterocycles. The van der Waals surface area contributed by atoms with Crippen molar-refractivity contribution in [3.8, 4) is 5.75 Å². The lowest BCUT2D eigenvalue weighted by atomic mass is 10.6. The molecule has 0 aliphatic rings. The molecule has 0 saturated heterocycles. The third-order valence-corrected chi connectivity index (χ3v) is 1.59. The Labute approximate surface area is 71.1 Å². The van der Waals surface area contributed by atoms with Gasteiger partial charge in [-0.25, -0.2) is 0 Å². The van der Waals surface area contributed by atoms with Crippen molar-refractivity contribution < 1.29 is 9.53 Å². The fourth-order valence-corrected chi connectivity index (χ4v) is 0.894. The van der Waals surface area contributed by atoms with E-state index in [0.717, 1.165) is 0 Å². The summed E-state index contributed by atoms with van der Waals surface area (Å²) in [7, 11) is 0. The topological polar surface area (TPSA) is 55.0 Å². The minimum Gasteiger partial charge on any atom is -0.422 e. The van der Waals surface area contributed by atoms with Crippen molar-refractivity contribution >= 4 is 28.6 Å². The molecule has 10 heavy (non-hydrogen) atoms. The number of H-pyrrole nitrogens is 1. The van der Waals surface area contributed by atoms with Gasteiger partial charge in [-0.05, 0) is 22.6 Å². The summed E-state index contributed by atoms with van der Waals surface area (Å²) in [5, 5.41) is 6.32. The average Bonchev–Trinajstić information content (AvgIpc) is 2.15. The maximum Gasteiger partial charge on any atom is 0.308 e. The molecule has 1 heterocycles. The van der Waals surface area contributed by atoms with Gasteiger partial charge < -0.3 is 4.74 Å². The number of hydrogen-bond acceptors (Lipinski definition) is 3. The van der Waals surface area contributed by atoms with Gasteiger partial charge in [0.2, 0.25) is 0 Å². The summed E-state index contributed by atoms with van der Waals surface area (Å²) in [6, 6.07) is 0. The van der Waals surface area contributed by atoms with Gasteiger partial charge in [0.25, 0.3) is 0 Å². The second-order valence-electron chi connectivity index (χ2n) is 1.63. The fraction of sp³-hybridized carbons (Fsp3) is 0.200. The summed E-state index contributed by atoms with van der Waals surface area (Å²) in [6.45, 7) is 1.35. The van der Waals surface area contributed by atoms with E-state index >= 15 is 0 Å². The van der Waals surface area contributed by atoms with Crippen LogP contribution in [0.1, 0.15) is 6.92 Å². The quantitative estimate of drug-likeness (QED) is 0.597. The number of aromatic amines is 1. The van der Waals surface area contributed by atoms with E-state index < -0.39 is 0 Å². The van der Waals surface area contributed by atoms with Crippen LogP contribution in [0.15, 0.2) is 6.20 Å². The van der Waals surface area contributed by atoms with E-state index in [1.165, 1.54) is 13.1 Å². The van der Waals surface area contributed by atoms with Crippen LogP contribution in [0.4, 0.5) is 0 Å². The standard InChI is InChI=1S/C5H5IN2O2/c1-3(9)10-4-2-7-8-5(4)6/h2H,1H3,(H,7,8). The molecule has 0 unspecified atom stereocenters. The van der Waals surface area contributed by atoms with Gasteiger partial charge in [0.05, 0.1) is 6.20 Å². The van der Waals surface area contributed by atoms with Gasteiger partial charge in [0.15, 0.2) is 9.45 Å². The van der Waals surface area contributed by atoms with Crippen molar-refractivity contribution in [3.05, 3.63) is 9.90 Å². The number of esters is 1. The minimum absolute atomic E-state index is 0.334. The van der Waals surface area contributed by atoms with E-state index in [0.29, 0.717) is 9.45 Å². The molecule has 0 radical (unpaired) electrons. The first kappa shape index (κ1) is 7.52. The number of carbonyl (C=O) groups excluding carboxylic acids is 1. The Morgan fingerprint density at radius 3 is 3.00 bits per heavy atom. The predicted molar refractivity (Wildman–Crippen MR) is 42.6 cm³/mol. The van der Waals surface area contributed by atoms with E-state index in [1.54, 1.807) is 0 Å². The Hall–Kier alpha value is -0.590. The summed E-state index contributed by atoms with van der Waals surface area (Å²) < 4.78 is 5.40. The Bertz CT molecular complexity index is 246. The Balaban J connectivity index is 2.74. The SMILES string of the molecule is CC(=O)Oc1c[nH]nc1I. The second kappa shape index (κ2) is 3.00. The molecule has 0 fully saturated rings. The largest absolute Gasteiger partial charge is 0.422 e. The highest BCUT2D eigenvalue weighted by molar-refractivity contribution is 14.1. The second-order valence-corrected chi connectivity index (χ2v) is 2.66. The lowest BCUT2D eigenvalue weighted by molar-refractivity contribution is -0.131. The highest BCUT2D eigenvalue weighted by Gasteiger charge is 2.04. The molecular weight excluding hydrogens is 247 g/mol. The molecule has 0 atom stereocenters. The molecule has 54 valence electrons. The van der Waals surface area contributed by atoms with Crippen LogP contribution in [0.2, 0.25) is 0 Å². The van der Waals surface area contributed by atoms with Crippen LogP contribution in [-0.2, 0) is 4.79 Å². The zero-order valence-electron chi connectivity index (χ0n) is 5.22. The van der Waals surface area contributed by atoms with Crippen LogP contribution in [0.5, 0.6) is 5.75 Å². The summed E-state index contributed by atoms with van der Waals surface area (Å²) >= 11 is 1.97. The maximum atomic E-state index is 10.4. The zero-order chi connectivity index (χ0) is 7.56. The smallest absolute Gasteiger partial charge is 0.308 e. The molecule has 4 nitrogen and oxygen atoms in total. The number of ether oxygens (including phenoxy) is 1. The van der Waals surface area contributed by atoms with Gasteiger partial charge in [-0.2, -0.15) is 5.10 Å². The highest BCUT2D eigenvalue weighted by Crippen LogP contribution is 2.16. The van der Waals surface area contributed by atoms with Crippen molar-refractivity contribution in [1.82, 2.24) is 10.2 Å². The highest BCUT2D eigenvalue weighted by atomic mass is 127. The molecule has 1 aromatic rings. The van der Waals surface area contributed by atoms with E-state index in [1.807, 2.05) is 22.6 Å². The van der Waals surface area contributed by atoms with Gasteiger partial charge in [-0.15, -0.1) is 0 Å². The molecular formula is C5H5IN2O2. The maximum absolute atomic E-state index is 10.4. The van der Waals surface area contributed by atoms with Gasteiger partial charge in [-0.1, -0.05) is 0 Å². The molecule has 0 aromatic carbocycles. The fourth-order valence-electron chi connectivity index (χ4n) is 0.489. The van der Waals surface area contributed by atoms with E-state index in [2.05, 4.69) is 10.2 Å². The number of nitrogens with one attached hydrogen (secondary N) is 1. The number of nitrogens with zero attached hydrogens (tertiary/aromatic N) is 1. The number of aromatic nitrogens is 2. The molecule has 5 heteroatoms. The van der Waals surface area contributed by atoms with Crippen LogP contribution in [0.3, 0.4) is 0 Å². The number of halogens is 1. The molecule has 1 N–H and O–H groups in total. The molecule has 0 saturated carbocycles. The first-order valence-corrected chi connectivity index (χ1v) is 3.65. The number of hydrogen-bond donors (Lipinski definition) is 1. The Kier molecular flexibility index (Phi) is 2.25. The van der Waals surface area contributed by atoms with Crippen molar-refractivity contribution in [2.75, 3.05) is 0 Å². The lowest BCUT2D eigenvalue weighted by Gasteiger charge is -1.93. The monoisotopic (exact) mass is 252 g/mol. The average molecular weight is 252 g/mol. The minimum atomic E-state index is -0.334. The normalized spacial score (nSPS) is 9.40. The Morgan fingerprint density at radius 1 is 1.90 bits per heavy atom. The molecule has 1 rings (SSSR count). The van der Waals surface area contributed by atoms with E-state index in [4.69, 9.17) is 4.74 Å². The molecule has 0 aliphatic carbocycles. The van der Waals surface area contributed by atoms with Crippen LogP contribution in [0, 0.1) is 3.70 Å². The van der Waals surface area contributed by atoms with Gasteiger partial charge in [0.1, 0.15) is 0 Å². The van der Waals surface area contributed by atoms with Crippen LogP contribution >= 0.6 is 22.6 Å². The molecule has 0 spiro atoms. The first-order valence-electron chi connectivity index (χ1n) is 2.58. The molecule has 0 bridgehead atoms. The van der Waals surface area contributed by atoms with Crippen LogP contribution in [0.25, 0.3) is 0 Å². The van der Waals surface area contributed by atoms with Crippen molar-refractivity contribution in [2.45, 2.75) is 6.92 Å². The van der Waals surface area contributed by atoms with E-state index in [-0.39, 0.29) is 5.97 Å². The summed E-state index contributed by atoms with van der Waals surface area (Å²) in [5.74, 6) is 0.146. The molecule has 0 amide bonds. The Morgan fingerprint density at radius 2 is 2.60 bits per heavy atom. The van der Waals surface area contributed by atoms with Crippen LogP contribution in [-0.4, -0.2) is 16.2 Å². The van der Waals surface area contributed by atoms with E-state index in [9.17, 15) is 4.79 Å². The van der Waals surface area contributed by atoms with Gasteiger partial charge in [-0.3, -0.25) is 9.89 Å². The summed E-state index contributed by atoms with van der Waals surface area (Å²) in [4.78, 5) is 10.4. The molecule has 0 aliphatic heterocycles. The van der Waals surface area contributed by atoms with Crippen molar-refractivity contribution in [1.29, 1.82) is 0 Å². The van der Waals surface area contributed by atoms with Gasteiger partial charge in [0, 0.05) is 6.92 Å². The summed E-state index contributed by atoms with van der Waals surface area (Å²) in [5.41, 5.74) is 0. The third kappa shape index (κ3) is 1.69.